The standard InChI is InChI=1S/C10H12BrN3O/c1-12-4-5-14-10(11)8-6-7(15)2-3-9(8)13-14/h2-3,6,12,15H,4-5H2,1H3. The van der Waals surface area contributed by atoms with Gasteiger partial charge >= 0.3 is 0 Å². The third-order valence-electron chi connectivity index (χ3n) is 2.23. The van der Waals surface area contributed by atoms with Gasteiger partial charge in [0.2, 0.25) is 0 Å². The Labute approximate surface area is 96.0 Å². The highest BCUT2D eigenvalue weighted by Crippen LogP contribution is 2.26. The first kappa shape index (κ1) is 10.4. The van der Waals surface area contributed by atoms with Gasteiger partial charge in [0.1, 0.15) is 10.4 Å². The zero-order chi connectivity index (χ0) is 10.8. The number of aromatic nitrogens is 2. The molecule has 0 amide bonds. The van der Waals surface area contributed by atoms with Crippen molar-refractivity contribution in [1.29, 1.82) is 0 Å². The van der Waals surface area contributed by atoms with Crippen molar-refractivity contribution in [3.8, 4) is 5.75 Å². The molecular weight excluding hydrogens is 258 g/mol. The maximum atomic E-state index is 9.37. The molecule has 0 aliphatic rings. The van der Waals surface area contributed by atoms with E-state index in [2.05, 4.69) is 26.3 Å². The number of nitrogens with zero attached hydrogens (tertiary/aromatic N) is 2. The van der Waals surface area contributed by atoms with Gasteiger partial charge in [-0.2, -0.15) is 5.10 Å². The van der Waals surface area contributed by atoms with Gasteiger partial charge in [0, 0.05) is 11.9 Å². The van der Waals surface area contributed by atoms with E-state index >= 15 is 0 Å². The summed E-state index contributed by atoms with van der Waals surface area (Å²) in [6.07, 6.45) is 0. The molecule has 1 aromatic heterocycles. The number of hydrogen-bond acceptors (Lipinski definition) is 3. The second-order valence-corrected chi connectivity index (χ2v) is 4.07. The molecule has 1 heterocycles. The van der Waals surface area contributed by atoms with Gasteiger partial charge < -0.3 is 10.4 Å². The Hall–Kier alpha value is -1.07. The van der Waals surface area contributed by atoms with Gasteiger partial charge in [-0.15, -0.1) is 0 Å². The highest BCUT2D eigenvalue weighted by molar-refractivity contribution is 9.10. The Balaban J connectivity index is 2.45. The van der Waals surface area contributed by atoms with Crippen LogP contribution in [-0.2, 0) is 6.54 Å². The SMILES string of the molecule is CNCCn1nc2ccc(O)cc2c1Br. The summed E-state index contributed by atoms with van der Waals surface area (Å²) in [4.78, 5) is 0. The van der Waals surface area contributed by atoms with Gasteiger partial charge in [-0.25, -0.2) is 0 Å². The summed E-state index contributed by atoms with van der Waals surface area (Å²) in [6, 6.07) is 5.16. The average Bonchev–Trinajstić information content (AvgIpc) is 2.53. The summed E-state index contributed by atoms with van der Waals surface area (Å²) < 4.78 is 2.78. The molecule has 0 aliphatic carbocycles. The predicted octanol–water partition coefficient (Wildman–Crippen LogP) is 1.72. The number of benzene rings is 1. The summed E-state index contributed by atoms with van der Waals surface area (Å²) in [5.74, 6) is 0.261. The maximum Gasteiger partial charge on any atom is 0.116 e. The van der Waals surface area contributed by atoms with Gasteiger partial charge in [0.15, 0.2) is 0 Å². The van der Waals surface area contributed by atoms with Crippen LogP contribution in [0.5, 0.6) is 5.75 Å². The minimum atomic E-state index is 0.261. The monoisotopic (exact) mass is 269 g/mol. The Morgan fingerprint density at radius 3 is 3.07 bits per heavy atom. The van der Waals surface area contributed by atoms with Crippen molar-refractivity contribution < 1.29 is 5.11 Å². The first-order valence-corrected chi connectivity index (χ1v) is 5.51. The number of likely N-dealkylation sites (N-methyl/N-ethyl adjacent to an activating group) is 1. The quantitative estimate of drug-likeness (QED) is 0.892. The molecule has 1 aromatic carbocycles. The van der Waals surface area contributed by atoms with Crippen LogP contribution in [0.25, 0.3) is 10.9 Å². The zero-order valence-corrected chi connectivity index (χ0v) is 9.95. The third-order valence-corrected chi connectivity index (χ3v) is 3.07. The molecule has 15 heavy (non-hydrogen) atoms. The molecule has 0 saturated carbocycles. The smallest absolute Gasteiger partial charge is 0.116 e. The number of rotatable bonds is 3. The van der Waals surface area contributed by atoms with Crippen LogP contribution in [0.3, 0.4) is 0 Å². The van der Waals surface area contributed by atoms with E-state index in [1.165, 1.54) is 0 Å². The lowest BCUT2D eigenvalue weighted by molar-refractivity contribution is 0.476. The normalized spacial score (nSPS) is 11.1. The van der Waals surface area contributed by atoms with Crippen LogP contribution in [0.1, 0.15) is 0 Å². The number of aromatic hydroxyl groups is 1. The number of hydrogen-bond donors (Lipinski definition) is 2. The topological polar surface area (TPSA) is 50.1 Å². The second kappa shape index (κ2) is 4.20. The van der Waals surface area contributed by atoms with Crippen LogP contribution in [0, 0.1) is 0 Å². The largest absolute Gasteiger partial charge is 0.508 e. The number of halogens is 1. The summed E-state index contributed by atoms with van der Waals surface area (Å²) in [5.41, 5.74) is 0.885. The van der Waals surface area contributed by atoms with Gasteiger partial charge in [-0.3, -0.25) is 4.68 Å². The van der Waals surface area contributed by atoms with E-state index in [1.54, 1.807) is 12.1 Å². The maximum absolute atomic E-state index is 9.37. The fourth-order valence-corrected chi connectivity index (χ4v) is 2.03. The molecule has 0 fully saturated rings. The Morgan fingerprint density at radius 2 is 2.33 bits per heavy atom. The highest BCUT2D eigenvalue weighted by atomic mass is 79.9. The minimum absolute atomic E-state index is 0.261. The second-order valence-electron chi connectivity index (χ2n) is 3.32. The number of phenolic OH excluding ortho intramolecular Hbond substituents is 1. The van der Waals surface area contributed by atoms with E-state index in [1.807, 2.05) is 17.8 Å². The molecule has 0 unspecified atom stereocenters. The van der Waals surface area contributed by atoms with Crippen molar-refractivity contribution in [3.63, 3.8) is 0 Å². The first-order chi connectivity index (χ1) is 7.22. The van der Waals surface area contributed by atoms with Gasteiger partial charge in [0.05, 0.1) is 12.1 Å². The van der Waals surface area contributed by atoms with Crippen molar-refractivity contribution in [2.24, 2.45) is 0 Å². The Morgan fingerprint density at radius 1 is 1.53 bits per heavy atom. The molecule has 0 aliphatic heterocycles. The van der Waals surface area contributed by atoms with E-state index < -0.39 is 0 Å². The van der Waals surface area contributed by atoms with Crippen LogP contribution in [0.4, 0.5) is 0 Å². The van der Waals surface area contributed by atoms with E-state index in [-0.39, 0.29) is 5.75 Å². The summed E-state index contributed by atoms with van der Waals surface area (Å²) in [5, 5.41) is 17.8. The number of nitrogens with one attached hydrogen (secondary N) is 1. The highest BCUT2D eigenvalue weighted by Gasteiger charge is 2.08. The molecule has 4 nitrogen and oxygen atoms in total. The van der Waals surface area contributed by atoms with Crippen LogP contribution in [0.2, 0.25) is 0 Å². The predicted molar refractivity (Wildman–Crippen MR) is 63.0 cm³/mol. The molecule has 0 atom stereocenters. The van der Waals surface area contributed by atoms with Gasteiger partial charge in [-0.05, 0) is 41.2 Å². The molecular formula is C10H12BrN3O. The van der Waals surface area contributed by atoms with E-state index in [9.17, 15) is 5.11 Å². The van der Waals surface area contributed by atoms with Crippen molar-refractivity contribution in [3.05, 3.63) is 22.8 Å². The lowest BCUT2D eigenvalue weighted by Gasteiger charge is -2.01. The van der Waals surface area contributed by atoms with Crippen LogP contribution >= 0.6 is 15.9 Å². The van der Waals surface area contributed by atoms with E-state index in [0.29, 0.717) is 0 Å². The van der Waals surface area contributed by atoms with Gasteiger partial charge in [0.25, 0.3) is 0 Å². The van der Waals surface area contributed by atoms with Crippen molar-refractivity contribution in [1.82, 2.24) is 15.1 Å². The summed E-state index contributed by atoms with van der Waals surface area (Å²) >= 11 is 3.48. The minimum Gasteiger partial charge on any atom is -0.508 e. The van der Waals surface area contributed by atoms with Crippen molar-refractivity contribution in [2.75, 3.05) is 13.6 Å². The zero-order valence-electron chi connectivity index (χ0n) is 8.37. The van der Waals surface area contributed by atoms with Crippen LogP contribution in [0.15, 0.2) is 22.8 Å². The lowest BCUT2D eigenvalue weighted by Crippen LogP contribution is -2.15. The Bertz CT molecular complexity index is 481. The third kappa shape index (κ3) is 1.98. The average molecular weight is 270 g/mol. The molecule has 2 N–H and O–H groups in total. The summed E-state index contributed by atoms with van der Waals surface area (Å²) in [7, 11) is 1.91. The van der Waals surface area contributed by atoms with Crippen LogP contribution < -0.4 is 5.32 Å². The molecule has 0 radical (unpaired) electrons. The molecule has 80 valence electrons. The van der Waals surface area contributed by atoms with E-state index in [4.69, 9.17) is 0 Å². The Kier molecular flexibility index (Phi) is 2.93. The summed E-state index contributed by atoms with van der Waals surface area (Å²) in [6.45, 7) is 1.66. The van der Waals surface area contributed by atoms with Crippen molar-refractivity contribution in [2.45, 2.75) is 6.54 Å². The molecule has 2 rings (SSSR count). The fraction of sp³-hybridized carbons (Fsp3) is 0.300. The molecule has 0 bridgehead atoms. The van der Waals surface area contributed by atoms with E-state index in [0.717, 1.165) is 28.6 Å². The van der Waals surface area contributed by atoms with Crippen LogP contribution in [-0.4, -0.2) is 28.5 Å². The molecule has 2 aromatic rings. The first-order valence-electron chi connectivity index (χ1n) is 4.72. The molecule has 0 saturated heterocycles. The van der Waals surface area contributed by atoms with Crippen molar-refractivity contribution >= 4 is 26.8 Å². The van der Waals surface area contributed by atoms with Gasteiger partial charge in [-0.1, -0.05) is 0 Å². The number of phenols is 1. The molecule has 0 spiro atoms. The lowest BCUT2D eigenvalue weighted by atomic mass is 10.2. The number of fused-ring (bicyclic) bond motifs is 1. The molecule has 5 heteroatoms. The fourth-order valence-electron chi connectivity index (χ4n) is 1.46.